The van der Waals surface area contributed by atoms with E-state index in [2.05, 4.69) is 5.32 Å². The van der Waals surface area contributed by atoms with Crippen LogP contribution in [0.1, 0.15) is 28.6 Å². The fourth-order valence-electron chi connectivity index (χ4n) is 1.26. The van der Waals surface area contributed by atoms with E-state index in [0.29, 0.717) is 0 Å². The minimum atomic E-state index is -4.27. The summed E-state index contributed by atoms with van der Waals surface area (Å²) in [6, 6.07) is 1.78. The molecule has 4 nitrogen and oxygen atoms in total. The lowest BCUT2D eigenvalue weighted by molar-refractivity contribution is -0.131. The molecule has 0 fully saturated rings. The Hall–Kier alpha value is -1.75. The Kier molecular flexibility index (Phi) is 4.19. The molecule has 0 bridgehead atoms. The van der Waals surface area contributed by atoms with Crippen LogP contribution < -0.4 is 11.1 Å². The van der Waals surface area contributed by atoms with Gasteiger partial charge in [0.05, 0.1) is 17.0 Å². The summed E-state index contributed by atoms with van der Waals surface area (Å²) in [7, 11) is 0. The molecule has 0 saturated carbocycles. The molecule has 1 rings (SSSR count). The first-order chi connectivity index (χ1) is 8.26. The zero-order chi connectivity index (χ0) is 13.9. The number of nitrogens with one attached hydrogen (secondary N) is 1. The van der Waals surface area contributed by atoms with Gasteiger partial charge in [-0.1, -0.05) is 0 Å². The maximum Gasteiger partial charge on any atom is 0.390 e. The number of carbonyl (C=O) groups is 1. The predicted octanol–water partition coefficient (Wildman–Crippen LogP) is 2.77. The molecule has 0 atom stereocenters. The Morgan fingerprint density at radius 1 is 1.56 bits per heavy atom. The molecule has 0 amide bonds. The number of carbonyl (C=O) groups excluding carboxylic acids is 1. The van der Waals surface area contributed by atoms with Crippen LogP contribution in [-0.4, -0.2) is 18.5 Å². The van der Waals surface area contributed by atoms with Crippen LogP contribution in [0.3, 0.4) is 0 Å². The number of nitrogen functional groups attached to an aromatic ring is 1. The van der Waals surface area contributed by atoms with Crippen molar-refractivity contribution in [1.29, 1.82) is 5.26 Å². The molecule has 0 aliphatic rings. The summed E-state index contributed by atoms with van der Waals surface area (Å²) in [6.07, 6.45) is -5.29. The first kappa shape index (κ1) is 14.3. The molecule has 8 heteroatoms. The lowest BCUT2D eigenvalue weighted by atomic mass is 10.2. The van der Waals surface area contributed by atoms with Gasteiger partial charge in [0.1, 0.15) is 16.6 Å². The molecule has 0 saturated heterocycles. The highest BCUT2D eigenvalue weighted by molar-refractivity contribution is 7.18. The number of hydrogen-bond acceptors (Lipinski definition) is 5. The molecule has 0 unspecified atom stereocenters. The predicted molar refractivity (Wildman–Crippen MR) is 62.6 cm³/mol. The number of nitriles is 1. The Bertz CT molecular complexity index is 502. The average Bonchev–Trinajstić information content (AvgIpc) is 2.53. The van der Waals surface area contributed by atoms with E-state index in [1.165, 1.54) is 6.92 Å². The van der Waals surface area contributed by atoms with Crippen LogP contribution >= 0.6 is 11.3 Å². The normalized spacial score (nSPS) is 11.1. The second kappa shape index (κ2) is 5.27. The Balaban J connectivity index is 2.87. The van der Waals surface area contributed by atoms with E-state index >= 15 is 0 Å². The van der Waals surface area contributed by atoms with Crippen LogP contribution in [-0.2, 0) is 0 Å². The third-order valence-electron chi connectivity index (χ3n) is 2.07. The monoisotopic (exact) mass is 277 g/mol. The lowest BCUT2D eigenvalue weighted by Gasteiger charge is -2.07. The van der Waals surface area contributed by atoms with Crippen molar-refractivity contribution >= 4 is 27.8 Å². The van der Waals surface area contributed by atoms with E-state index in [1.807, 2.05) is 0 Å². The number of alkyl halides is 3. The van der Waals surface area contributed by atoms with Crippen molar-refractivity contribution in [2.75, 3.05) is 17.6 Å². The molecule has 1 heterocycles. The third-order valence-corrected chi connectivity index (χ3v) is 3.33. The highest BCUT2D eigenvalue weighted by Crippen LogP contribution is 2.35. The largest absolute Gasteiger partial charge is 0.396 e. The number of halogens is 3. The summed E-state index contributed by atoms with van der Waals surface area (Å²) in [5.74, 6) is -0.321. The van der Waals surface area contributed by atoms with Crippen LogP contribution in [0.4, 0.5) is 23.9 Å². The topological polar surface area (TPSA) is 78.9 Å². The lowest BCUT2D eigenvalue weighted by Crippen LogP contribution is -2.14. The maximum atomic E-state index is 12.0. The number of hydrogen-bond donors (Lipinski definition) is 2. The van der Waals surface area contributed by atoms with Gasteiger partial charge in [-0.25, -0.2) is 0 Å². The van der Waals surface area contributed by atoms with Crippen molar-refractivity contribution < 1.29 is 18.0 Å². The summed E-state index contributed by atoms with van der Waals surface area (Å²) in [5.41, 5.74) is 5.62. The summed E-state index contributed by atoms with van der Waals surface area (Å²) in [6.45, 7) is 0.915. The van der Waals surface area contributed by atoms with Crippen molar-refractivity contribution in [3.8, 4) is 6.07 Å². The summed E-state index contributed by atoms with van der Waals surface area (Å²) >= 11 is 0.894. The average molecular weight is 277 g/mol. The van der Waals surface area contributed by atoms with Gasteiger partial charge in [-0.3, -0.25) is 4.79 Å². The third kappa shape index (κ3) is 3.37. The Morgan fingerprint density at radius 2 is 2.17 bits per heavy atom. The number of thiophene rings is 1. The van der Waals surface area contributed by atoms with Crippen LogP contribution in [0, 0.1) is 11.3 Å². The van der Waals surface area contributed by atoms with Crippen molar-refractivity contribution in [1.82, 2.24) is 0 Å². The van der Waals surface area contributed by atoms with Crippen LogP contribution in [0.5, 0.6) is 0 Å². The van der Waals surface area contributed by atoms with Gasteiger partial charge in [0, 0.05) is 13.5 Å². The van der Waals surface area contributed by atoms with Crippen molar-refractivity contribution in [3.05, 3.63) is 10.4 Å². The van der Waals surface area contributed by atoms with Crippen molar-refractivity contribution in [2.24, 2.45) is 0 Å². The highest BCUT2D eigenvalue weighted by atomic mass is 32.1. The van der Waals surface area contributed by atoms with E-state index in [9.17, 15) is 18.0 Å². The first-order valence-electron chi connectivity index (χ1n) is 4.90. The zero-order valence-electron chi connectivity index (χ0n) is 9.39. The Labute approximate surface area is 105 Å². The van der Waals surface area contributed by atoms with E-state index in [1.54, 1.807) is 6.07 Å². The molecule has 0 aromatic carbocycles. The minimum Gasteiger partial charge on any atom is -0.396 e. The van der Waals surface area contributed by atoms with E-state index in [-0.39, 0.29) is 33.5 Å². The molecule has 0 radical (unpaired) electrons. The van der Waals surface area contributed by atoms with E-state index in [0.717, 1.165) is 11.3 Å². The highest BCUT2D eigenvalue weighted by Gasteiger charge is 2.27. The molecule has 1 aromatic rings. The molecule has 0 spiro atoms. The smallest absolute Gasteiger partial charge is 0.390 e. The van der Waals surface area contributed by atoms with Gasteiger partial charge in [-0.05, 0) is 0 Å². The molecule has 1 aromatic heterocycles. The van der Waals surface area contributed by atoms with Crippen LogP contribution in [0.15, 0.2) is 0 Å². The summed E-state index contributed by atoms with van der Waals surface area (Å²) in [4.78, 5) is 11.4. The van der Waals surface area contributed by atoms with Gasteiger partial charge in [0.2, 0.25) is 0 Å². The summed E-state index contributed by atoms with van der Waals surface area (Å²) < 4.78 is 35.9. The molecular weight excluding hydrogens is 267 g/mol. The van der Waals surface area contributed by atoms with Crippen LogP contribution in [0.25, 0.3) is 0 Å². The van der Waals surface area contributed by atoms with Gasteiger partial charge in [-0.2, -0.15) is 18.4 Å². The number of nitrogens with zero attached hydrogens (tertiary/aromatic N) is 1. The molecule has 0 aliphatic carbocycles. The van der Waals surface area contributed by atoms with Gasteiger partial charge >= 0.3 is 6.18 Å². The van der Waals surface area contributed by atoms with Crippen molar-refractivity contribution in [2.45, 2.75) is 19.5 Å². The van der Waals surface area contributed by atoms with E-state index in [4.69, 9.17) is 11.0 Å². The minimum absolute atomic E-state index is 0.0181. The number of rotatable bonds is 4. The zero-order valence-corrected chi connectivity index (χ0v) is 10.2. The Morgan fingerprint density at radius 3 is 2.61 bits per heavy atom. The number of Topliss-reactive ketones (excluding diaryl/α,β-unsaturated/α-hetero) is 1. The summed E-state index contributed by atoms with van der Waals surface area (Å²) in [5, 5.41) is 11.5. The van der Waals surface area contributed by atoms with Gasteiger partial charge < -0.3 is 11.1 Å². The number of nitrogens with two attached hydrogens (primary N) is 1. The molecular formula is C10H10F3N3OS. The fourth-order valence-corrected chi connectivity index (χ4v) is 2.25. The van der Waals surface area contributed by atoms with Gasteiger partial charge in [0.25, 0.3) is 0 Å². The quantitative estimate of drug-likeness (QED) is 0.829. The molecule has 3 N–H and O–H groups in total. The number of anilines is 2. The second-order valence-electron chi connectivity index (χ2n) is 3.51. The van der Waals surface area contributed by atoms with Crippen LogP contribution in [0.2, 0.25) is 0 Å². The molecule has 18 heavy (non-hydrogen) atoms. The van der Waals surface area contributed by atoms with Crippen molar-refractivity contribution in [3.63, 3.8) is 0 Å². The standard InChI is InChI=1S/C10H10F3N3OS/c1-5(17)8-7(15)6(4-14)9(18-8)16-3-2-10(11,12)13/h16H,2-3,15H2,1H3. The first-order valence-corrected chi connectivity index (χ1v) is 5.72. The second-order valence-corrected chi connectivity index (χ2v) is 4.53. The molecule has 98 valence electrons. The van der Waals surface area contributed by atoms with Gasteiger partial charge in [0.15, 0.2) is 5.78 Å². The van der Waals surface area contributed by atoms with E-state index < -0.39 is 12.6 Å². The SMILES string of the molecule is CC(=O)c1sc(NCCC(F)(F)F)c(C#N)c1N. The number of ketones is 1. The maximum absolute atomic E-state index is 12.0. The molecule has 0 aliphatic heterocycles. The fraction of sp³-hybridized carbons (Fsp3) is 0.400. The van der Waals surface area contributed by atoms with Gasteiger partial charge in [-0.15, -0.1) is 11.3 Å².